The number of likely N-dealkylation sites (tertiary alicyclic amines) is 1. The molecule has 0 aliphatic carbocycles. The topological polar surface area (TPSA) is 32.3 Å². The Morgan fingerprint density at radius 2 is 1.90 bits per heavy atom. The van der Waals surface area contributed by atoms with Gasteiger partial charge in [-0.15, -0.1) is 0 Å². The van der Waals surface area contributed by atoms with E-state index in [1.807, 2.05) is 4.90 Å². The Hall–Kier alpha value is -0.770. The lowest BCUT2D eigenvalue weighted by Crippen LogP contribution is -2.46. The predicted octanol–water partition coefficient (Wildman–Crippen LogP) is 3.35. The molecule has 3 nitrogen and oxygen atoms in total. The van der Waals surface area contributed by atoms with Crippen LogP contribution in [0.1, 0.15) is 36.0 Å². The number of amides is 1. The van der Waals surface area contributed by atoms with Gasteiger partial charge in [0.15, 0.2) is 0 Å². The Kier molecular flexibility index (Phi) is 4.20. The Bertz CT molecular complexity index is 494. The molecule has 0 bridgehead atoms. The molecule has 0 aromatic heterocycles. The fraction of sp³-hybridized carbons (Fsp3) is 0.533. The molecule has 20 heavy (non-hydrogen) atoms. The smallest absolute Gasteiger partial charge is 0.254 e. The quantitative estimate of drug-likeness (QED) is 0.908. The second-order valence-electron chi connectivity index (χ2n) is 5.57. The zero-order chi connectivity index (χ0) is 14.1. The van der Waals surface area contributed by atoms with E-state index in [9.17, 15) is 4.79 Å². The number of benzene rings is 1. The van der Waals surface area contributed by atoms with Crippen molar-refractivity contribution in [3.05, 3.63) is 33.8 Å². The molecule has 1 aromatic carbocycles. The molecule has 2 fully saturated rings. The van der Waals surface area contributed by atoms with E-state index in [4.69, 9.17) is 23.2 Å². The van der Waals surface area contributed by atoms with Crippen LogP contribution in [-0.2, 0) is 0 Å². The van der Waals surface area contributed by atoms with Gasteiger partial charge < -0.3 is 10.2 Å². The van der Waals surface area contributed by atoms with Crippen LogP contribution in [0.2, 0.25) is 10.0 Å². The van der Waals surface area contributed by atoms with Gasteiger partial charge in [-0.25, -0.2) is 0 Å². The molecule has 108 valence electrons. The van der Waals surface area contributed by atoms with Crippen molar-refractivity contribution in [2.75, 3.05) is 13.1 Å². The Morgan fingerprint density at radius 3 is 2.55 bits per heavy atom. The number of halogens is 2. The minimum Gasteiger partial charge on any atom is -0.334 e. The third-order valence-electron chi connectivity index (χ3n) is 4.23. The summed E-state index contributed by atoms with van der Waals surface area (Å²) in [6, 6.07) is 5.80. The fourth-order valence-electron chi connectivity index (χ4n) is 3.35. The summed E-state index contributed by atoms with van der Waals surface area (Å²) in [6.07, 6.45) is 4.51. The highest BCUT2D eigenvalue weighted by Crippen LogP contribution is 2.28. The van der Waals surface area contributed by atoms with Crippen molar-refractivity contribution in [2.24, 2.45) is 0 Å². The molecule has 5 heteroatoms. The van der Waals surface area contributed by atoms with Crippen LogP contribution in [0.3, 0.4) is 0 Å². The molecule has 2 saturated heterocycles. The summed E-state index contributed by atoms with van der Waals surface area (Å²) in [4.78, 5) is 14.7. The molecule has 1 amide bonds. The molecule has 2 aliphatic rings. The van der Waals surface area contributed by atoms with E-state index in [0.29, 0.717) is 27.7 Å². The van der Waals surface area contributed by atoms with Crippen molar-refractivity contribution in [2.45, 2.75) is 37.8 Å². The summed E-state index contributed by atoms with van der Waals surface area (Å²) in [7, 11) is 0. The SMILES string of the molecule is O=C(c1cc(Cl)cc(Cl)c1)N1CCCC1C1CCCN1. The van der Waals surface area contributed by atoms with Crippen molar-refractivity contribution in [3.63, 3.8) is 0 Å². The van der Waals surface area contributed by atoms with E-state index in [1.54, 1.807) is 18.2 Å². The van der Waals surface area contributed by atoms with E-state index in [0.717, 1.165) is 32.4 Å². The Labute approximate surface area is 129 Å². The van der Waals surface area contributed by atoms with Crippen molar-refractivity contribution < 1.29 is 4.79 Å². The molecular weight excluding hydrogens is 295 g/mol. The van der Waals surface area contributed by atoms with Gasteiger partial charge in [-0.1, -0.05) is 23.2 Å². The summed E-state index contributed by atoms with van der Waals surface area (Å²) in [5, 5.41) is 4.53. The number of carbonyl (C=O) groups excluding carboxylic acids is 1. The first-order valence-corrected chi connectivity index (χ1v) is 7.91. The summed E-state index contributed by atoms with van der Waals surface area (Å²) < 4.78 is 0. The van der Waals surface area contributed by atoms with Gasteiger partial charge >= 0.3 is 0 Å². The van der Waals surface area contributed by atoms with Gasteiger partial charge in [0.25, 0.3) is 5.91 Å². The zero-order valence-electron chi connectivity index (χ0n) is 11.2. The summed E-state index contributed by atoms with van der Waals surface area (Å²) in [5.41, 5.74) is 0.590. The number of carbonyl (C=O) groups is 1. The van der Waals surface area contributed by atoms with Crippen LogP contribution in [0.15, 0.2) is 18.2 Å². The van der Waals surface area contributed by atoms with Gasteiger partial charge in [-0.05, 0) is 50.4 Å². The second-order valence-corrected chi connectivity index (χ2v) is 6.44. The van der Waals surface area contributed by atoms with Gasteiger partial charge in [-0.3, -0.25) is 4.79 Å². The number of rotatable bonds is 2. The second kappa shape index (κ2) is 5.92. The molecule has 0 saturated carbocycles. The van der Waals surface area contributed by atoms with Crippen molar-refractivity contribution >= 4 is 29.1 Å². The summed E-state index contributed by atoms with van der Waals surface area (Å²) in [6.45, 7) is 1.89. The largest absolute Gasteiger partial charge is 0.334 e. The average molecular weight is 313 g/mol. The number of hydrogen-bond acceptors (Lipinski definition) is 2. The van der Waals surface area contributed by atoms with E-state index in [1.165, 1.54) is 6.42 Å². The van der Waals surface area contributed by atoms with Crippen molar-refractivity contribution in [1.29, 1.82) is 0 Å². The molecule has 0 spiro atoms. The molecule has 1 aromatic rings. The van der Waals surface area contributed by atoms with E-state index < -0.39 is 0 Å². The fourth-order valence-corrected chi connectivity index (χ4v) is 3.87. The minimum absolute atomic E-state index is 0.0469. The van der Waals surface area contributed by atoms with Crippen LogP contribution in [-0.4, -0.2) is 36.0 Å². The third-order valence-corrected chi connectivity index (χ3v) is 4.67. The molecule has 3 rings (SSSR count). The van der Waals surface area contributed by atoms with Crippen molar-refractivity contribution in [3.8, 4) is 0 Å². The van der Waals surface area contributed by atoms with Crippen LogP contribution in [0.5, 0.6) is 0 Å². The highest BCUT2D eigenvalue weighted by molar-refractivity contribution is 6.35. The van der Waals surface area contributed by atoms with Gasteiger partial charge in [0.2, 0.25) is 0 Å². The van der Waals surface area contributed by atoms with Crippen LogP contribution in [0.4, 0.5) is 0 Å². The zero-order valence-corrected chi connectivity index (χ0v) is 12.8. The normalized spacial score (nSPS) is 26.2. The molecule has 2 aliphatic heterocycles. The van der Waals surface area contributed by atoms with E-state index in [-0.39, 0.29) is 5.91 Å². The standard InChI is InChI=1S/C15H18Cl2N2O/c16-11-7-10(8-12(17)9-11)15(20)19-6-2-4-14(19)13-3-1-5-18-13/h7-9,13-14,18H,1-6H2. The Morgan fingerprint density at radius 1 is 1.15 bits per heavy atom. The summed E-state index contributed by atoms with van der Waals surface area (Å²) >= 11 is 12.0. The highest BCUT2D eigenvalue weighted by atomic mass is 35.5. The van der Waals surface area contributed by atoms with Crippen LogP contribution in [0, 0.1) is 0 Å². The summed E-state index contributed by atoms with van der Waals surface area (Å²) in [5.74, 6) is 0.0469. The first kappa shape index (κ1) is 14.2. The number of nitrogens with zero attached hydrogens (tertiary/aromatic N) is 1. The maximum atomic E-state index is 12.7. The molecule has 2 atom stereocenters. The third kappa shape index (κ3) is 2.80. The average Bonchev–Trinajstić information content (AvgIpc) is 3.07. The van der Waals surface area contributed by atoms with E-state index >= 15 is 0 Å². The molecule has 2 heterocycles. The van der Waals surface area contributed by atoms with Crippen LogP contribution >= 0.6 is 23.2 Å². The lowest BCUT2D eigenvalue weighted by molar-refractivity contribution is 0.0711. The minimum atomic E-state index is 0.0469. The molecule has 1 N–H and O–H groups in total. The number of hydrogen-bond donors (Lipinski definition) is 1. The lowest BCUT2D eigenvalue weighted by atomic mass is 10.0. The van der Waals surface area contributed by atoms with E-state index in [2.05, 4.69) is 5.32 Å². The Balaban J connectivity index is 1.81. The van der Waals surface area contributed by atoms with Crippen LogP contribution in [0.25, 0.3) is 0 Å². The van der Waals surface area contributed by atoms with Gasteiger partial charge in [0, 0.05) is 34.2 Å². The first-order valence-electron chi connectivity index (χ1n) is 7.15. The lowest BCUT2D eigenvalue weighted by Gasteiger charge is -2.29. The van der Waals surface area contributed by atoms with Crippen LogP contribution < -0.4 is 5.32 Å². The molecular formula is C15H18Cl2N2O. The van der Waals surface area contributed by atoms with Gasteiger partial charge in [0.05, 0.1) is 0 Å². The monoisotopic (exact) mass is 312 g/mol. The van der Waals surface area contributed by atoms with Crippen molar-refractivity contribution in [1.82, 2.24) is 10.2 Å². The van der Waals surface area contributed by atoms with Gasteiger partial charge in [-0.2, -0.15) is 0 Å². The molecule has 0 radical (unpaired) electrons. The maximum absolute atomic E-state index is 12.7. The first-order chi connectivity index (χ1) is 9.65. The maximum Gasteiger partial charge on any atom is 0.254 e. The predicted molar refractivity (Wildman–Crippen MR) is 81.5 cm³/mol. The molecule has 2 unspecified atom stereocenters. The highest BCUT2D eigenvalue weighted by Gasteiger charge is 2.36. The van der Waals surface area contributed by atoms with Gasteiger partial charge in [0.1, 0.15) is 0 Å². The number of nitrogens with one attached hydrogen (secondary N) is 1.